The molecule has 2 aromatic carbocycles. The van der Waals surface area contributed by atoms with Crippen LogP contribution in [0.25, 0.3) is 0 Å². The summed E-state index contributed by atoms with van der Waals surface area (Å²) in [6.45, 7) is 0.286. The number of benzene rings is 2. The molecule has 0 fully saturated rings. The summed E-state index contributed by atoms with van der Waals surface area (Å²) in [5.74, 6) is 0.0975. The third-order valence-corrected chi connectivity index (χ3v) is 2.69. The first-order valence-corrected chi connectivity index (χ1v) is 5.82. The summed E-state index contributed by atoms with van der Waals surface area (Å²) in [7, 11) is 0. The van der Waals surface area contributed by atoms with Crippen molar-refractivity contribution in [2.24, 2.45) is 5.73 Å². The zero-order chi connectivity index (χ0) is 14.5. The highest BCUT2D eigenvalue weighted by Crippen LogP contribution is 2.16. The third-order valence-electron chi connectivity index (χ3n) is 2.69. The number of nitro benzene ring substituents is 1. The SMILES string of the molecule is NC(=O)c1ccc(OCc2ccc([N+](=O)[O-])cc2)cc1. The van der Waals surface area contributed by atoms with Crippen LogP contribution in [0.3, 0.4) is 0 Å². The molecule has 0 heterocycles. The van der Waals surface area contributed by atoms with Gasteiger partial charge in [0.05, 0.1) is 4.92 Å². The molecule has 2 rings (SSSR count). The van der Waals surface area contributed by atoms with Gasteiger partial charge in [-0.25, -0.2) is 0 Å². The number of nitro groups is 1. The van der Waals surface area contributed by atoms with E-state index in [2.05, 4.69) is 0 Å². The largest absolute Gasteiger partial charge is 0.489 e. The number of hydrogen-bond donors (Lipinski definition) is 1. The van der Waals surface area contributed by atoms with E-state index in [4.69, 9.17) is 10.5 Å². The molecule has 102 valence electrons. The van der Waals surface area contributed by atoms with E-state index in [-0.39, 0.29) is 12.3 Å². The van der Waals surface area contributed by atoms with Gasteiger partial charge in [-0.2, -0.15) is 0 Å². The van der Waals surface area contributed by atoms with E-state index in [1.165, 1.54) is 12.1 Å². The van der Waals surface area contributed by atoms with E-state index in [1.807, 2.05) is 0 Å². The minimum Gasteiger partial charge on any atom is -0.489 e. The molecule has 0 unspecified atom stereocenters. The number of amides is 1. The van der Waals surface area contributed by atoms with E-state index >= 15 is 0 Å². The molecular weight excluding hydrogens is 260 g/mol. The second kappa shape index (κ2) is 5.83. The van der Waals surface area contributed by atoms with Crippen LogP contribution >= 0.6 is 0 Å². The fraction of sp³-hybridized carbons (Fsp3) is 0.0714. The maximum absolute atomic E-state index is 10.9. The Kier molecular flexibility index (Phi) is 3.95. The number of nitrogens with two attached hydrogens (primary N) is 1. The first-order chi connectivity index (χ1) is 9.56. The molecule has 0 aromatic heterocycles. The summed E-state index contributed by atoms with van der Waals surface area (Å²) in [6.07, 6.45) is 0. The molecule has 0 bridgehead atoms. The summed E-state index contributed by atoms with van der Waals surface area (Å²) in [5, 5.41) is 10.5. The summed E-state index contributed by atoms with van der Waals surface area (Å²) in [5.41, 5.74) is 6.40. The van der Waals surface area contributed by atoms with Crippen LogP contribution in [-0.2, 0) is 6.61 Å². The normalized spacial score (nSPS) is 10.0. The van der Waals surface area contributed by atoms with Gasteiger partial charge in [-0.15, -0.1) is 0 Å². The Hall–Kier alpha value is -2.89. The molecule has 2 N–H and O–H groups in total. The number of rotatable bonds is 5. The monoisotopic (exact) mass is 272 g/mol. The number of carbonyl (C=O) groups is 1. The molecule has 6 heteroatoms. The molecule has 0 aliphatic heterocycles. The number of primary amides is 1. The van der Waals surface area contributed by atoms with E-state index in [0.717, 1.165) is 5.56 Å². The lowest BCUT2D eigenvalue weighted by Crippen LogP contribution is -2.10. The van der Waals surface area contributed by atoms with Gasteiger partial charge in [0, 0.05) is 17.7 Å². The number of hydrogen-bond acceptors (Lipinski definition) is 4. The number of carbonyl (C=O) groups excluding carboxylic acids is 1. The topological polar surface area (TPSA) is 95.5 Å². The van der Waals surface area contributed by atoms with Gasteiger partial charge in [-0.05, 0) is 42.0 Å². The predicted octanol–water partition coefficient (Wildman–Crippen LogP) is 2.27. The second-order valence-electron chi connectivity index (χ2n) is 4.10. The minimum absolute atomic E-state index is 0.0413. The smallest absolute Gasteiger partial charge is 0.269 e. The lowest BCUT2D eigenvalue weighted by atomic mass is 10.2. The molecule has 2 aromatic rings. The fourth-order valence-electron chi connectivity index (χ4n) is 1.60. The van der Waals surface area contributed by atoms with E-state index < -0.39 is 10.8 Å². The Balaban J connectivity index is 1.97. The average molecular weight is 272 g/mol. The Bertz CT molecular complexity index is 563. The van der Waals surface area contributed by atoms with Crippen molar-refractivity contribution in [1.82, 2.24) is 0 Å². The highest BCUT2D eigenvalue weighted by Gasteiger charge is 2.04. The van der Waals surface area contributed by atoms with Crippen LogP contribution in [0.1, 0.15) is 15.9 Å². The van der Waals surface area contributed by atoms with Crippen molar-refractivity contribution in [3.63, 3.8) is 0 Å². The first kappa shape index (κ1) is 13.5. The van der Waals surface area contributed by atoms with Crippen LogP contribution in [0, 0.1) is 10.1 Å². The first-order valence-electron chi connectivity index (χ1n) is 5.82. The summed E-state index contributed by atoms with van der Waals surface area (Å²) in [4.78, 5) is 21.0. The quantitative estimate of drug-likeness (QED) is 0.667. The molecule has 0 aliphatic carbocycles. The summed E-state index contributed by atoms with van der Waals surface area (Å²) >= 11 is 0. The molecule has 20 heavy (non-hydrogen) atoms. The van der Waals surface area contributed by atoms with Crippen LogP contribution in [0.4, 0.5) is 5.69 Å². The standard InChI is InChI=1S/C14H12N2O4/c15-14(17)11-3-7-13(8-4-11)20-9-10-1-5-12(6-2-10)16(18)19/h1-8H,9H2,(H2,15,17). The highest BCUT2D eigenvalue weighted by atomic mass is 16.6. The highest BCUT2D eigenvalue weighted by molar-refractivity contribution is 5.92. The summed E-state index contributed by atoms with van der Waals surface area (Å²) in [6, 6.07) is 12.6. The van der Waals surface area contributed by atoms with Gasteiger partial charge in [0.25, 0.3) is 5.69 Å². The lowest BCUT2D eigenvalue weighted by molar-refractivity contribution is -0.384. The van der Waals surface area contributed by atoms with Crippen molar-refractivity contribution in [2.45, 2.75) is 6.61 Å². The average Bonchev–Trinajstić information content (AvgIpc) is 2.46. The van der Waals surface area contributed by atoms with Crippen molar-refractivity contribution in [3.8, 4) is 5.75 Å². The number of nitrogens with zero attached hydrogens (tertiary/aromatic N) is 1. The van der Waals surface area contributed by atoms with Gasteiger partial charge in [0.15, 0.2) is 0 Å². The van der Waals surface area contributed by atoms with Gasteiger partial charge >= 0.3 is 0 Å². The van der Waals surface area contributed by atoms with Gasteiger partial charge in [-0.1, -0.05) is 0 Å². The van der Waals surface area contributed by atoms with Crippen LogP contribution < -0.4 is 10.5 Å². The maximum Gasteiger partial charge on any atom is 0.269 e. The van der Waals surface area contributed by atoms with E-state index in [0.29, 0.717) is 11.3 Å². The Morgan fingerprint density at radius 1 is 1.10 bits per heavy atom. The van der Waals surface area contributed by atoms with Crippen molar-refractivity contribution in [1.29, 1.82) is 0 Å². The van der Waals surface area contributed by atoms with Crippen molar-refractivity contribution < 1.29 is 14.5 Å². The molecule has 0 saturated heterocycles. The molecule has 1 amide bonds. The fourth-order valence-corrected chi connectivity index (χ4v) is 1.60. The maximum atomic E-state index is 10.9. The minimum atomic E-state index is -0.494. The Morgan fingerprint density at radius 2 is 1.70 bits per heavy atom. The molecule has 0 spiro atoms. The van der Waals surface area contributed by atoms with E-state index in [1.54, 1.807) is 36.4 Å². The van der Waals surface area contributed by atoms with Gasteiger partial charge < -0.3 is 10.5 Å². The number of ether oxygens (including phenoxy) is 1. The van der Waals surface area contributed by atoms with Crippen molar-refractivity contribution in [3.05, 3.63) is 69.8 Å². The van der Waals surface area contributed by atoms with Crippen LogP contribution in [0.2, 0.25) is 0 Å². The Labute approximate surface area is 114 Å². The molecule has 0 atom stereocenters. The number of non-ortho nitro benzene ring substituents is 1. The zero-order valence-corrected chi connectivity index (χ0v) is 10.5. The molecule has 6 nitrogen and oxygen atoms in total. The second-order valence-corrected chi connectivity index (χ2v) is 4.10. The van der Waals surface area contributed by atoms with E-state index in [9.17, 15) is 14.9 Å². The Morgan fingerprint density at radius 3 is 2.20 bits per heavy atom. The molecular formula is C14H12N2O4. The molecule has 0 aliphatic rings. The third kappa shape index (κ3) is 3.32. The summed E-state index contributed by atoms with van der Waals surface area (Å²) < 4.78 is 5.51. The van der Waals surface area contributed by atoms with Crippen LogP contribution in [0.15, 0.2) is 48.5 Å². The zero-order valence-electron chi connectivity index (χ0n) is 10.5. The van der Waals surface area contributed by atoms with Crippen molar-refractivity contribution in [2.75, 3.05) is 0 Å². The molecule has 0 saturated carbocycles. The lowest BCUT2D eigenvalue weighted by Gasteiger charge is -2.06. The van der Waals surface area contributed by atoms with Crippen molar-refractivity contribution >= 4 is 11.6 Å². The van der Waals surface area contributed by atoms with Gasteiger partial charge in [0.2, 0.25) is 5.91 Å². The predicted molar refractivity (Wildman–Crippen MR) is 72.4 cm³/mol. The van der Waals surface area contributed by atoms with Gasteiger partial charge in [-0.3, -0.25) is 14.9 Å². The van der Waals surface area contributed by atoms with Gasteiger partial charge in [0.1, 0.15) is 12.4 Å². The van der Waals surface area contributed by atoms with Crippen LogP contribution in [0.5, 0.6) is 5.75 Å². The van der Waals surface area contributed by atoms with Crippen LogP contribution in [-0.4, -0.2) is 10.8 Å². The molecule has 0 radical (unpaired) electrons.